The number of halogens is 2. The van der Waals surface area contributed by atoms with Crippen molar-refractivity contribution in [3.05, 3.63) is 16.1 Å². The molecule has 0 aromatic carbocycles. The van der Waals surface area contributed by atoms with Crippen LogP contribution in [0.25, 0.3) is 0 Å². The molecule has 0 spiro atoms. The van der Waals surface area contributed by atoms with Crippen LogP contribution in [-0.4, -0.2) is 24.8 Å². The lowest BCUT2D eigenvalue weighted by Gasteiger charge is -2.11. The Morgan fingerprint density at radius 3 is 2.67 bits per heavy atom. The summed E-state index contributed by atoms with van der Waals surface area (Å²) in [4.78, 5) is 4.05. The molecular weight excluding hydrogens is 277 g/mol. The molecule has 1 aromatic heterocycles. The Bertz CT molecular complexity index is 389. The van der Waals surface area contributed by atoms with Crippen LogP contribution in [0.5, 0.6) is 5.88 Å². The molecule has 0 bridgehead atoms. The molecule has 0 aliphatic carbocycles. The molecule has 0 atom stereocenters. The average molecular weight is 294 g/mol. The molecule has 0 unspecified atom stereocenters. The van der Waals surface area contributed by atoms with Crippen LogP contribution in [0.3, 0.4) is 0 Å². The maximum Gasteiger partial charge on any atom is 0.234 e. The smallest absolute Gasteiger partial charge is 0.234 e. The monoisotopic (exact) mass is 293 g/mol. The number of pyridine rings is 1. The topological polar surface area (TPSA) is 69.4 Å². The van der Waals surface area contributed by atoms with E-state index < -0.39 is 0 Å². The van der Waals surface area contributed by atoms with Crippen LogP contribution in [-0.2, 0) is 4.74 Å². The summed E-state index contributed by atoms with van der Waals surface area (Å²) in [7, 11) is 0. The molecule has 0 saturated carbocycles. The van der Waals surface area contributed by atoms with Gasteiger partial charge in [-0.05, 0) is 12.0 Å². The van der Waals surface area contributed by atoms with E-state index in [0.717, 1.165) is 0 Å². The van der Waals surface area contributed by atoms with Crippen molar-refractivity contribution in [2.24, 2.45) is 11.8 Å². The lowest BCUT2D eigenvalue weighted by molar-refractivity contribution is 0.0807. The Kier molecular flexibility index (Phi) is 6.49. The maximum absolute atomic E-state index is 5.94. The zero-order valence-corrected chi connectivity index (χ0v) is 11.9. The molecule has 0 aliphatic heterocycles. The number of aromatic nitrogens is 1. The largest absolute Gasteiger partial charge is 0.474 e. The Morgan fingerprint density at radius 2 is 2.06 bits per heavy atom. The number of hydrogen-bond donors (Lipinski definition) is 2. The van der Waals surface area contributed by atoms with Gasteiger partial charge in [0.2, 0.25) is 5.88 Å². The maximum atomic E-state index is 5.94. The van der Waals surface area contributed by atoms with E-state index in [1.54, 1.807) is 0 Å². The van der Waals surface area contributed by atoms with Crippen molar-refractivity contribution in [2.75, 3.05) is 25.2 Å². The van der Waals surface area contributed by atoms with Gasteiger partial charge in [-0.2, -0.15) is 4.98 Å². The lowest BCUT2D eigenvalue weighted by Crippen LogP contribution is -2.13. The number of rotatable bonds is 7. The van der Waals surface area contributed by atoms with Gasteiger partial charge in [0, 0.05) is 6.61 Å². The van der Waals surface area contributed by atoms with E-state index in [-0.39, 0.29) is 5.88 Å². The summed E-state index contributed by atoms with van der Waals surface area (Å²) in [6, 6.07) is 1.52. The second-order valence-corrected chi connectivity index (χ2v) is 4.88. The first-order valence-corrected chi connectivity index (χ1v) is 6.33. The van der Waals surface area contributed by atoms with Crippen LogP contribution in [0.15, 0.2) is 6.07 Å². The summed E-state index contributed by atoms with van der Waals surface area (Å²) in [6.45, 7) is 5.70. The molecule has 3 N–H and O–H groups in total. The fourth-order valence-electron chi connectivity index (χ4n) is 1.17. The van der Waals surface area contributed by atoms with Crippen molar-refractivity contribution in [1.29, 1.82) is 0 Å². The predicted molar refractivity (Wildman–Crippen MR) is 73.2 cm³/mol. The Morgan fingerprint density at radius 1 is 1.33 bits per heavy atom. The number of nitrogens with zero attached hydrogens (tertiary/aromatic N) is 1. The van der Waals surface area contributed by atoms with Crippen LogP contribution >= 0.6 is 23.2 Å². The van der Waals surface area contributed by atoms with Crippen LogP contribution in [0.1, 0.15) is 13.8 Å². The second kappa shape index (κ2) is 7.63. The highest BCUT2D eigenvalue weighted by Crippen LogP contribution is 2.30. The van der Waals surface area contributed by atoms with Gasteiger partial charge in [-0.3, -0.25) is 0 Å². The molecule has 102 valence electrons. The van der Waals surface area contributed by atoms with E-state index >= 15 is 0 Å². The summed E-state index contributed by atoms with van der Waals surface area (Å²) in [5.74, 6) is 6.35. The van der Waals surface area contributed by atoms with Crippen LogP contribution in [0.2, 0.25) is 10.0 Å². The molecule has 18 heavy (non-hydrogen) atoms. The van der Waals surface area contributed by atoms with Crippen molar-refractivity contribution >= 4 is 29.0 Å². The van der Waals surface area contributed by atoms with Crippen molar-refractivity contribution in [1.82, 2.24) is 4.98 Å². The van der Waals surface area contributed by atoms with E-state index in [2.05, 4.69) is 24.3 Å². The van der Waals surface area contributed by atoms with Crippen molar-refractivity contribution in [2.45, 2.75) is 13.8 Å². The first-order valence-electron chi connectivity index (χ1n) is 5.57. The Labute approximate surface area is 117 Å². The quantitative estimate of drug-likeness (QED) is 0.460. The Balaban J connectivity index is 2.47. The average Bonchev–Trinajstić information content (AvgIpc) is 2.30. The highest BCUT2D eigenvalue weighted by molar-refractivity contribution is 6.36. The molecule has 0 aliphatic rings. The highest BCUT2D eigenvalue weighted by Gasteiger charge is 2.09. The standard InChI is InChI=1S/C11H17Cl2N3O2/c1-7(2)6-17-3-4-18-11-9(13)5-8(12)10(15-11)16-14/h5,7H,3-4,6,14H2,1-2H3,(H,15,16). The molecule has 1 aromatic rings. The zero-order chi connectivity index (χ0) is 13.5. The lowest BCUT2D eigenvalue weighted by atomic mass is 10.2. The van der Waals surface area contributed by atoms with E-state index in [4.69, 9.17) is 38.5 Å². The fraction of sp³-hybridized carbons (Fsp3) is 0.545. The summed E-state index contributed by atoms with van der Waals surface area (Å²) >= 11 is 11.8. The van der Waals surface area contributed by atoms with Crippen molar-refractivity contribution in [3.8, 4) is 5.88 Å². The van der Waals surface area contributed by atoms with Gasteiger partial charge >= 0.3 is 0 Å². The summed E-state index contributed by atoms with van der Waals surface area (Å²) in [5.41, 5.74) is 2.37. The third-order valence-electron chi connectivity index (χ3n) is 1.95. The molecule has 0 amide bonds. The first kappa shape index (κ1) is 15.3. The van der Waals surface area contributed by atoms with Crippen LogP contribution in [0.4, 0.5) is 5.82 Å². The highest BCUT2D eigenvalue weighted by atomic mass is 35.5. The van der Waals surface area contributed by atoms with Crippen molar-refractivity contribution < 1.29 is 9.47 Å². The van der Waals surface area contributed by atoms with Gasteiger partial charge in [0.15, 0.2) is 5.82 Å². The van der Waals surface area contributed by atoms with E-state index in [0.29, 0.717) is 41.6 Å². The fourth-order valence-corrected chi connectivity index (χ4v) is 1.64. The van der Waals surface area contributed by atoms with E-state index in [1.165, 1.54) is 6.07 Å². The number of nitrogens with one attached hydrogen (secondary N) is 1. The van der Waals surface area contributed by atoms with E-state index in [9.17, 15) is 0 Å². The number of anilines is 1. The van der Waals surface area contributed by atoms with Crippen molar-refractivity contribution in [3.63, 3.8) is 0 Å². The first-order chi connectivity index (χ1) is 8.54. The zero-order valence-electron chi connectivity index (χ0n) is 10.4. The van der Waals surface area contributed by atoms with Gasteiger partial charge in [-0.15, -0.1) is 0 Å². The minimum Gasteiger partial charge on any atom is -0.474 e. The number of ether oxygens (including phenoxy) is 2. The minimum absolute atomic E-state index is 0.280. The molecule has 0 saturated heterocycles. The molecule has 0 fully saturated rings. The van der Waals surface area contributed by atoms with Gasteiger partial charge in [0.25, 0.3) is 0 Å². The van der Waals surface area contributed by atoms with Gasteiger partial charge in [0.05, 0.1) is 11.6 Å². The third kappa shape index (κ3) is 4.86. The van der Waals surface area contributed by atoms with E-state index in [1.807, 2.05) is 0 Å². The van der Waals surface area contributed by atoms with Gasteiger partial charge in [-0.1, -0.05) is 37.0 Å². The molecule has 7 heteroatoms. The molecule has 0 radical (unpaired) electrons. The predicted octanol–water partition coefficient (Wildman–Crippen LogP) is 2.73. The Hall–Kier alpha value is -0.750. The van der Waals surface area contributed by atoms with Crippen LogP contribution < -0.4 is 16.0 Å². The third-order valence-corrected chi connectivity index (χ3v) is 2.51. The summed E-state index contributed by atoms with van der Waals surface area (Å²) in [5, 5.41) is 0.675. The number of hydrogen-bond acceptors (Lipinski definition) is 5. The summed E-state index contributed by atoms with van der Waals surface area (Å²) < 4.78 is 10.8. The van der Waals surface area contributed by atoms with Gasteiger partial charge < -0.3 is 14.9 Å². The SMILES string of the molecule is CC(C)COCCOc1nc(NN)c(Cl)cc1Cl. The second-order valence-electron chi connectivity index (χ2n) is 4.07. The molecule has 1 rings (SSSR count). The molecule has 1 heterocycles. The molecular formula is C11H17Cl2N3O2. The van der Waals surface area contributed by atoms with Gasteiger partial charge in [-0.25, -0.2) is 5.84 Å². The number of nitrogen functional groups attached to an aromatic ring is 1. The normalized spacial score (nSPS) is 10.8. The number of nitrogens with two attached hydrogens (primary N) is 1. The van der Waals surface area contributed by atoms with Gasteiger partial charge in [0.1, 0.15) is 11.6 Å². The van der Waals surface area contributed by atoms with Crippen LogP contribution in [0, 0.1) is 5.92 Å². The summed E-state index contributed by atoms with van der Waals surface area (Å²) in [6.07, 6.45) is 0. The number of hydrazine groups is 1. The minimum atomic E-state index is 0.280. The molecule has 5 nitrogen and oxygen atoms in total.